The lowest BCUT2D eigenvalue weighted by Crippen LogP contribution is -2.33. The van der Waals surface area contributed by atoms with Crippen LogP contribution in [0.2, 0.25) is 0 Å². The number of nitrogens with one attached hydrogen (secondary N) is 1. The maximum Gasteiger partial charge on any atom is 0.433 e. The van der Waals surface area contributed by atoms with Gasteiger partial charge in [-0.15, -0.1) is 0 Å². The van der Waals surface area contributed by atoms with Crippen molar-refractivity contribution < 1.29 is 27.4 Å². The molecule has 0 atom stereocenters. The predicted octanol–water partition coefficient (Wildman–Crippen LogP) is 2.36. The molecule has 0 spiro atoms. The molecule has 1 fully saturated rings. The fourth-order valence-electron chi connectivity index (χ4n) is 2.30. The topological polar surface area (TPSA) is 60.5 Å². The van der Waals surface area contributed by atoms with Gasteiger partial charge in [0.1, 0.15) is 5.69 Å². The molecule has 0 radical (unpaired) electrons. The van der Waals surface area contributed by atoms with Gasteiger partial charge in [-0.2, -0.15) is 13.2 Å². The number of ether oxygens (including phenoxy) is 2. The Morgan fingerprint density at radius 3 is 2.65 bits per heavy atom. The zero-order valence-corrected chi connectivity index (χ0v) is 11.9. The first-order valence-electron chi connectivity index (χ1n) is 6.93. The number of aromatic nitrogens is 1. The molecule has 0 saturated carbocycles. The van der Waals surface area contributed by atoms with E-state index in [1.165, 1.54) is 6.07 Å². The third kappa shape index (κ3) is 3.43. The Bertz CT molecular complexity index is 727. The summed E-state index contributed by atoms with van der Waals surface area (Å²) in [5.74, 6) is -0.631. The third-order valence-corrected chi connectivity index (χ3v) is 3.37. The van der Waals surface area contributed by atoms with Gasteiger partial charge in [0.25, 0.3) is 5.91 Å². The average Bonchev–Trinajstić information content (AvgIpc) is 3.04. The molecule has 122 valence electrons. The summed E-state index contributed by atoms with van der Waals surface area (Å²) in [6.07, 6.45) is -5.20. The van der Waals surface area contributed by atoms with Crippen molar-refractivity contribution in [2.45, 2.75) is 12.5 Å². The number of fused-ring (bicyclic) bond motifs is 1. The van der Waals surface area contributed by atoms with Gasteiger partial charge in [0.15, 0.2) is 6.29 Å². The molecule has 1 saturated heterocycles. The Balaban J connectivity index is 1.92. The van der Waals surface area contributed by atoms with E-state index in [1.54, 1.807) is 18.2 Å². The van der Waals surface area contributed by atoms with Crippen LogP contribution in [0.15, 0.2) is 30.3 Å². The Kier molecular flexibility index (Phi) is 4.18. The highest BCUT2D eigenvalue weighted by Gasteiger charge is 2.34. The number of hydrogen-bond donors (Lipinski definition) is 1. The Morgan fingerprint density at radius 1 is 1.26 bits per heavy atom. The van der Waals surface area contributed by atoms with Gasteiger partial charge in [-0.1, -0.05) is 18.2 Å². The summed E-state index contributed by atoms with van der Waals surface area (Å²) in [5.41, 5.74) is -1.07. The Morgan fingerprint density at radius 2 is 1.96 bits per heavy atom. The van der Waals surface area contributed by atoms with Crippen molar-refractivity contribution in [3.63, 3.8) is 0 Å². The van der Waals surface area contributed by atoms with E-state index >= 15 is 0 Å². The molecule has 1 aliphatic heterocycles. The highest BCUT2D eigenvalue weighted by atomic mass is 19.4. The van der Waals surface area contributed by atoms with Gasteiger partial charge >= 0.3 is 6.18 Å². The number of para-hydroxylation sites is 1. The number of halogens is 3. The fourth-order valence-corrected chi connectivity index (χ4v) is 2.30. The Hall–Kier alpha value is -2.19. The van der Waals surface area contributed by atoms with Crippen molar-refractivity contribution in [1.82, 2.24) is 10.3 Å². The normalized spacial score (nSPS) is 16.0. The summed E-state index contributed by atoms with van der Waals surface area (Å²) in [6, 6.07) is 6.95. The van der Waals surface area contributed by atoms with E-state index in [1.807, 2.05) is 0 Å². The van der Waals surface area contributed by atoms with Crippen LogP contribution in [0.1, 0.15) is 16.1 Å². The van der Waals surface area contributed by atoms with E-state index < -0.39 is 24.1 Å². The number of alkyl halides is 3. The average molecular weight is 326 g/mol. The van der Waals surface area contributed by atoms with Crippen molar-refractivity contribution in [2.75, 3.05) is 19.8 Å². The van der Waals surface area contributed by atoms with Crippen molar-refractivity contribution in [3.05, 3.63) is 41.6 Å². The van der Waals surface area contributed by atoms with Crippen LogP contribution in [0.25, 0.3) is 10.9 Å². The first-order valence-corrected chi connectivity index (χ1v) is 6.93. The lowest BCUT2D eigenvalue weighted by molar-refractivity contribution is -0.141. The molecule has 0 aliphatic carbocycles. The summed E-state index contributed by atoms with van der Waals surface area (Å²) in [4.78, 5) is 15.8. The maximum absolute atomic E-state index is 13.0. The van der Waals surface area contributed by atoms with Crippen molar-refractivity contribution in [2.24, 2.45) is 0 Å². The number of hydrogen-bond acceptors (Lipinski definition) is 4. The molecule has 1 aromatic carbocycles. The maximum atomic E-state index is 13.0. The molecule has 1 amide bonds. The molecule has 2 heterocycles. The number of benzene rings is 1. The second-order valence-electron chi connectivity index (χ2n) is 4.95. The first-order chi connectivity index (χ1) is 10.9. The van der Waals surface area contributed by atoms with E-state index in [9.17, 15) is 18.0 Å². The number of pyridine rings is 1. The quantitative estimate of drug-likeness (QED) is 0.941. The minimum atomic E-state index is -4.63. The van der Waals surface area contributed by atoms with Crippen LogP contribution in [0.3, 0.4) is 0 Å². The summed E-state index contributed by atoms with van der Waals surface area (Å²) < 4.78 is 49.2. The lowest BCUT2D eigenvalue weighted by Gasteiger charge is -2.13. The van der Waals surface area contributed by atoms with E-state index in [0.29, 0.717) is 18.6 Å². The second-order valence-corrected chi connectivity index (χ2v) is 4.95. The van der Waals surface area contributed by atoms with Gasteiger partial charge in [-0.25, -0.2) is 4.98 Å². The largest absolute Gasteiger partial charge is 0.433 e. The van der Waals surface area contributed by atoms with Crippen LogP contribution < -0.4 is 5.32 Å². The molecule has 0 bridgehead atoms. The highest BCUT2D eigenvalue weighted by Crippen LogP contribution is 2.30. The van der Waals surface area contributed by atoms with E-state index in [-0.39, 0.29) is 17.6 Å². The van der Waals surface area contributed by atoms with Gasteiger partial charge in [0.05, 0.1) is 30.8 Å². The highest BCUT2D eigenvalue weighted by molar-refractivity contribution is 6.06. The molecule has 5 nitrogen and oxygen atoms in total. The summed E-state index contributed by atoms with van der Waals surface area (Å²) >= 11 is 0. The Labute approximate surface area is 129 Å². The van der Waals surface area contributed by atoms with Gasteiger partial charge in [-0.3, -0.25) is 4.79 Å². The van der Waals surface area contributed by atoms with Crippen LogP contribution in [-0.4, -0.2) is 36.9 Å². The van der Waals surface area contributed by atoms with Crippen LogP contribution in [-0.2, 0) is 15.7 Å². The molecule has 8 heteroatoms. The van der Waals surface area contributed by atoms with E-state index in [2.05, 4.69) is 10.3 Å². The minimum Gasteiger partial charge on any atom is -0.348 e. The number of rotatable bonds is 3. The standard InChI is InChI=1S/C15H13F3N2O3/c16-15(17,18)12-7-10(9-3-1-2-4-11(9)20-12)14(21)19-8-13-22-5-6-23-13/h1-4,7,13H,5-6,8H2,(H,19,21). The molecule has 23 heavy (non-hydrogen) atoms. The fraction of sp³-hybridized carbons (Fsp3) is 0.333. The SMILES string of the molecule is O=C(NCC1OCCO1)c1cc(C(F)(F)F)nc2ccccc12. The molecule has 2 aromatic rings. The summed E-state index contributed by atoms with van der Waals surface area (Å²) in [7, 11) is 0. The molecular weight excluding hydrogens is 313 g/mol. The van der Waals surface area contributed by atoms with Crippen molar-refractivity contribution in [3.8, 4) is 0 Å². The molecule has 0 unspecified atom stereocenters. The zero-order chi connectivity index (χ0) is 16.4. The number of amides is 1. The van der Waals surface area contributed by atoms with Gasteiger partial charge in [-0.05, 0) is 12.1 Å². The minimum absolute atomic E-state index is 0.0663. The van der Waals surface area contributed by atoms with Crippen LogP contribution in [0.4, 0.5) is 13.2 Å². The third-order valence-electron chi connectivity index (χ3n) is 3.37. The van der Waals surface area contributed by atoms with Crippen LogP contribution in [0, 0.1) is 0 Å². The smallest absolute Gasteiger partial charge is 0.348 e. The van der Waals surface area contributed by atoms with Gasteiger partial charge in [0, 0.05) is 5.39 Å². The van der Waals surface area contributed by atoms with Crippen molar-refractivity contribution >= 4 is 16.8 Å². The van der Waals surface area contributed by atoms with Crippen molar-refractivity contribution in [1.29, 1.82) is 0 Å². The van der Waals surface area contributed by atoms with E-state index in [4.69, 9.17) is 9.47 Å². The molecule has 1 aromatic heterocycles. The van der Waals surface area contributed by atoms with Gasteiger partial charge in [0.2, 0.25) is 0 Å². The van der Waals surface area contributed by atoms with Crippen LogP contribution >= 0.6 is 0 Å². The molecular formula is C15H13F3N2O3. The zero-order valence-electron chi connectivity index (χ0n) is 11.9. The summed E-state index contributed by atoms with van der Waals surface area (Å²) in [5, 5.41) is 2.88. The number of carbonyl (C=O) groups excluding carboxylic acids is 1. The predicted molar refractivity (Wildman–Crippen MR) is 74.8 cm³/mol. The first kappa shape index (κ1) is 15.7. The molecule has 1 N–H and O–H groups in total. The van der Waals surface area contributed by atoms with E-state index in [0.717, 1.165) is 6.07 Å². The monoisotopic (exact) mass is 326 g/mol. The number of nitrogens with zero attached hydrogens (tertiary/aromatic N) is 1. The van der Waals surface area contributed by atoms with Crippen LogP contribution in [0.5, 0.6) is 0 Å². The second kappa shape index (κ2) is 6.13. The lowest BCUT2D eigenvalue weighted by atomic mass is 10.1. The van der Waals surface area contributed by atoms with Gasteiger partial charge < -0.3 is 14.8 Å². The number of carbonyl (C=O) groups is 1. The molecule has 3 rings (SSSR count). The summed E-state index contributed by atoms with van der Waals surface area (Å²) in [6.45, 7) is 0.921. The molecule has 1 aliphatic rings.